The van der Waals surface area contributed by atoms with E-state index >= 15 is 0 Å². The van der Waals surface area contributed by atoms with Gasteiger partial charge in [0, 0.05) is 32.2 Å². The molecule has 1 aliphatic heterocycles. The number of carbonyl (C=O) groups is 1. The van der Waals surface area contributed by atoms with Crippen LogP contribution in [0.15, 0.2) is 18.2 Å². The van der Waals surface area contributed by atoms with Gasteiger partial charge in [0.25, 0.3) is 5.91 Å². The molecule has 0 saturated carbocycles. The van der Waals surface area contributed by atoms with Gasteiger partial charge in [-0.2, -0.15) is 0 Å². The van der Waals surface area contributed by atoms with Gasteiger partial charge in [-0.15, -0.1) is 0 Å². The maximum absolute atomic E-state index is 12.3. The summed E-state index contributed by atoms with van der Waals surface area (Å²) >= 11 is 0. The van der Waals surface area contributed by atoms with Crippen LogP contribution in [0.3, 0.4) is 0 Å². The van der Waals surface area contributed by atoms with Crippen molar-refractivity contribution in [3.05, 3.63) is 29.3 Å². The fraction of sp³-hybridized carbons (Fsp3) is 0.611. The van der Waals surface area contributed by atoms with E-state index in [0.29, 0.717) is 13.1 Å². The average molecular weight is 320 g/mol. The van der Waals surface area contributed by atoms with Gasteiger partial charge >= 0.3 is 0 Å². The molecule has 1 aliphatic rings. The topological polar surface area (TPSA) is 53.0 Å². The molecule has 0 bridgehead atoms. The van der Waals surface area contributed by atoms with Gasteiger partial charge in [-0.1, -0.05) is 19.1 Å². The van der Waals surface area contributed by atoms with Crippen LogP contribution in [0, 0.1) is 13.8 Å². The van der Waals surface area contributed by atoms with Crippen molar-refractivity contribution in [1.29, 1.82) is 0 Å². The number of benzene rings is 1. The lowest BCUT2D eigenvalue weighted by atomic mass is 10.1. The van der Waals surface area contributed by atoms with Crippen molar-refractivity contribution in [1.82, 2.24) is 9.80 Å². The third-order valence-corrected chi connectivity index (χ3v) is 4.56. The number of aryl methyl sites for hydroxylation is 2. The van der Waals surface area contributed by atoms with E-state index in [4.69, 9.17) is 4.74 Å². The maximum atomic E-state index is 12.3. The Morgan fingerprint density at radius 2 is 1.96 bits per heavy atom. The maximum Gasteiger partial charge on any atom is 0.260 e. The number of hydrogen-bond donors (Lipinski definition) is 1. The molecule has 1 aromatic carbocycles. The zero-order valence-electron chi connectivity index (χ0n) is 14.4. The molecule has 1 amide bonds. The van der Waals surface area contributed by atoms with Crippen LogP contribution in [0.4, 0.5) is 0 Å². The molecule has 1 heterocycles. The highest BCUT2D eigenvalue weighted by atomic mass is 16.5. The summed E-state index contributed by atoms with van der Waals surface area (Å²) in [7, 11) is 0. The molecule has 0 aromatic heterocycles. The van der Waals surface area contributed by atoms with Gasteiger partial charge in [0.05, 0.1) is 6.61 Å². The molecule has 1 saturated heterocycles. The Labute approximate surface area is 138 Å². The van der Waals surface area contributed by atoms with Gasteiger partial charge in [-0.3, -0.25) is 9.69 Å². The second-order valence-corrected chi connectivity index (χ2v) is 6.22. The van der Waals surface area contributed by atoms with E-state index in [1.807, 2.05) is 36.9 Å². The Morgan fingerprint density at radius 3 is 2.57 bits per heavy atom. The Balaban J connectivity index is 1.82. The van der Waals surface area contributed by atoms with Gasteiger partial charge in [-0.05, 0) is 37.5 Å². The quantitative estimate of drug-likeness (QED) is 0.865. The van der Waals surface area contributed by atoms with E-state index in [1.165, 1.54) is 0 Å². The zero-order chi connectivity index (χ0) is 16.8. The molecule has 128 valence electrons. The Morgan fingerprint density at radius 1 is 1.26 bits per heavy atom. The average Bonchev–Trinajstić information content (AvgIpc) is 2.57. The molecule has 0 radical (unpaired) electrons. The standard InChI is InChI=1S/C18H28N2O3/c1-4-16(12-21)19-7-9-20(10-8-19)18(22)13-23-17-11-14(2)5-6-15(17)3/h5-6,11,16,21H,4,7-10,12-13H2,1-3H3. The molecule has 0 aliphatic carbocycles. The predicted molar refractivity (Wildman–Crippen MR) is 90.7 cm³/mol. The van der Waals surface area contributed by atoms with Crippen LogP contribution < -0.4 is 4.74 Å². The lowest BCUT2D eigenvalue weighted by Gasteiger charge is -2.38. The minimum atomic E-state index is 0.0302. The smallest absolute Gasteiger partial charge is 0.260 e. The second-order valence-electron chi connectivity index (χ2n) is 6.22. The molecule has 1 unspecified atom stereocenters. The van der Waals surface area contributed by atoms with Crippen molar-refractivity contribution in [2.24, 2.45) is 0 Å². The minimum Gasteiger partial charge on any atom is -0.483 e. The van der Waals surface area contributed by atoms with Crippen molar-refractivity contribution >= 4 is 5.91 Å². The van der Waals surface area contributed by atoms with Crippen LogP contribution >= 0.6 is 0 Å². The number of piperazine rings is 1. The lowest BCUT2D eigenvalue weighted by molar-refractivity contribution is -0.135. The first-order valence-corrected chi connectivity index (χ1v) is 8.38. The molecule has 1 atom stereocenters. The monoisotopic (exact) mass is 320 g/mol. The van der Waals surface area contributed by atoms with Crippen LogP contribution in [0.2, 0.25) is 0 Å². The summed E-state index contributed by atoms with van der Waals surface area (Å²) < 4.78 is 5.70. The van der Waals surface area contributed by atoms with E-state index in [1.54, 1.807) is 0 Å². The van der Waals surface area contributed by atoms with Crippen LogP contribution in [0.25, 0.3) is 0 Å². The Bertz CT molecular complexity index is 521. The fourth-order valence-electron chi connectivity index (χ4n) is 2.93. The first kappa shape index (κ1) is 17.8. The van der Waals surface area contributed by atoms with Gasteiger partial charge < -0.3 is 14.7 Å². The van der Waals surface area contributed by atoms with Gasteiger partial charge in [0.15, 0.2) is 6.61 Å². The van der Waals surface area contributed by atoms with E-state index < -0.39 is 0 Å². The van der Waals surface area contributed by atoms with Gasteiger partial charge in [-0.25, -0.2) is 0 Å². The third kappa shape index (κ3) is 4.69. The van der Waals surface area contributed by atoms with Crippen LogP contribution in [0.1, 0.15) is 24.5 Å². The summed E-state index contributed by atoms with van der Waals surface area (Å²) in [5, 5.41) is 9.37. The molecule has 0 spiro atoms. The van der Waals surface area contributed by atoms with Crippen molar-refractivity contribution < 1.29 is 14.6 Å². The lowest BCUT2D eigenvalue weighted by Crippen LogP contribution is -2.53. The normalized spacial score (nSPS) is 17.1. The number of rotatable bonds is 6. The zero-order valence-corrected chi connectivity index (χ0v) is 14.4. The van der Waals surface area contributed by atoms with Crippen molar-refractivity contribution in [2.45, 2.75) is 33.2 Å². The molecule has 1 fully saturated rings. The number of hydrogen-bond acceptors (Lipinski definition) is 4. The van der Waals surface area contributed by atoms with Crippen molar-refractivity contribution in [3.8, 4) is 5.75 Å². The molecule has 1 aromatic rings. The van der Waals surface area contributed by atoms with Crippen LogP contribution in [0.5, 0.6) is 5.75 Å². The highest BCUT2D eigenvalue weighted by molar-refractivity contribution is 5.78. The predicted octanol–water partition coefficient (Wildman–Crippen LogP) is 1.60. The Kier molecular flexibility index (Phi) is 6.42. The number of ether oxygens (including phenoxy) is 1. The summed E-state index contributed by atoms with van der Waals surface area (Å²) in [5.74, 6) is 0.811. The van der Waals surface area contributed by atoms with Gasteiger partial charge in [0.2, 0.25) is 0 Å². The molecule has 2 rings (SSSR count). The first-order chi connectivity index (χ1) is 11.0. The number of nitrogens with zero attached hydrogens (tertiary/aromatic N) is 2. The number of amides is 1. The van der Waals surface area contributed by atoms with E-state index in [0.717, 1.165) is 36.4 Å². The molecule has 5 nitrogen and oxygen atoms in total. The summed E-state index contributed by atoms with van der Waals surface area (Å²) in [6.45, 7) is 9.37. The van der Waals surface area contributed by atoms with Crippen LogP contribution in [-0.4, -0.2) is 66.2 Å². The largest absolute Gasteiger partial charge is 0.483 e. The van der Waals surface area contributed by atoms with E-state index in [9.17, 15) is 9.90 Å². The Hall–Kier alpha value is -1.59. The number of aliphatic hydroxyl groups is 1. The first-order valence-electron chi connectivity index (χ1n) is 8.38. The highest BCUT2D eigenvalue weighted by Crippen LogP contribution is 2.19. The molecule has 5 heteroatoms. The molecular formula is C18H28N2O3. The summed E-state index contributed by atoms with van der Waals surface area (Å²) in [4.78, 5) is 16.4. The van der Waals surface area contributed by atoms with Crippen molar-refractivity contribution in [3.63, 3.8) is 0 Å². The fourth-order valence-corrected chi connectivity index (χ4v) is 2.93. The second kappa shape index (κ2) is 8.31. The van der Waals surface area contributed by atoms with Crippen molar-refractivity contribution in [2.75, 3.05) is 39.4 Å². The summed E-state index contributed by atoms with van der Waals surface area (Å²) in [5.41, 5.74) is 2.17. The SMILES string of the molecule is CCC(CO)N1CCN(C(=O)COc2cc(C)ccc2C)CC1. The van der Waals surface area contributed by atoms with Gasteiger partial charge in [0.1, 0.15) is 5.75 Å². The summed E-state index contributed by atoms with van der Waals surface area (Å²) in [6.07, 6.45) is 0.931. The summed E-state index contributed by atoms with van der Waals surface area (Å²) in [6, 6.07) is 6.22. The molecular weight excluding hydrogens is 292 g/mol. The van der Waals surface area contributed by atoms with E-state index in [-0.39, 0.29) is 25.2 Å². The van der Waals surface area contributed by atoms with Crippen LogP contribution in [-0.2, 0) is 4.79 Å². The molecule has 1 N–H and O–H groups in total. The number of aliphatic hydroxyl groups excluding tert-OH is 1. The molecule has 23 heavy (non-hydrogen) atoms. The number of carbonyl (C=O) groups excluding carboxylic acids is 1. The highest BCUT2D eigenvalue weighted by Gasteiger charge is 2.25. The minimum absolute atomic E-state index is 0.0302. The van der Waals surface area contributed by atoms with E-state index in [2.05, 4.69) is 11.8 Å². The third-order valence-electron chi connectivity index (χ3n) is 4.56.